The molecule has 6 heteroatoms. The lowest BCUT2D eigenvalue weighted by Gasteiger charge is -2.15. The molecule has 0 aliphatic carbocycles. The quantitative estimate of drug-likeness (QED) is 0.767. The maximum absolute atomic E-state index is 13.6. The summed E-state index contributed by atoms with van der Waals surface area (Å²) in [4.78, 5) is 17.0. The summed E-state index contributed by atoms with van der Waals surface area (Å²) in [5.41, 5.74) is 0. The topological polar surface area (TPSA) is 33.2 Å². The molecule has 0 spiro atoms. The Morgan fingerprint density at radius 1 is 1.62 bits per heavy atom. The summed E-state index contributed by atoms with van der Waals surface area (Å²) in [6.07, 6.45) is 1.94. The predicted octanol–water partition coefficient (Wildman–Crippen LogP) is 2.73. The molecule has 86 valence electrons. The van der Waals surface area contributed by atoms with Crippen LogP contribution in [0, 0.1) is 11.7 Å². The number of amides is 1. The van der Waals surface area contributed by atoms with Gasteiger partial charge in [0.05, 0.1) is 0 Å². The Hall–Kier alpha value is -0.490. The Bertz CT molecular complexity index is 427. The van der Waals surface area contributed by atoms with Crippen LogP contribution >= 0.6 is 31.9 Å². The summed E-state index contributed by atoms with van der Waals surface area (Å²) < 4.78 is 14.2. The Kier molecular flexibility index (Phi) is 3.59. The average molecular weight is 352 g/mol. The molecule has 1 atom stereocenters. The number of halogens is 3. The summed E-state index contributed by atoms with van der Waals surface area (Å²) in [6.45, 7) is 0.523. The van der Waals surface area contributed by atoms with Crippen molar-refractivity contribution in [3.05, 3.63) is 22.6 Å². The molecule has 1 fully saturated rings. The van der Waals surface area contributed by atoms with Crippen molar-refractivity contribution in [3.8, 4) is 0 Å². The molecule has 16 heavy (non-hydrogen) atoms. The van der Waals surface area contributed by atoms with E-state index in [2.05, 4.69) is 36.8 Å². The highest BCUT2D eigenvalue weighted by Gasteiger charge is 2.32. The lowest BCUT2D eigenvalue weighted by molar-refractivity contribution is -0.117. The minimum atomic E-state index is -0.474. The maximum atomic E-state index is 13.6. The highest BCUT2D eigenvalue weighted by Crippen LogP contribution is 2.27. The highest BCUT2D eigenvalue weighted by molar-refractivity contribution is 9.10. The number of hydrogen-bond acceptors (Lipinski definition) is 2. The Morgan fingerprint density at radius 3 is 2.94 bits per heavy atom. The summed E-state index contributed by atoms with van der Waals surface area (Å²) in [7, 11) is 0. The lowest BCUT2D eigenvalue weighted by Crippen LogP contribution is -2.26. The van der Waals surface area contributed by atoms with Crippen molar-refractivity contribution in [3.63, 3.8) is 0 Å². The standard InChI is InChI=1S/C10H9Br2FN2O/c11-3-6-1-9(16)15(5-6)10-8(13)2-7(12)4-14-10/h2,4,6H,1,3,5H2. The number of pyridine rings is 1. The number of hydrogen-bond donors (Lipinski definition) is 0. The summed E-state index contributed by atoms with van der Waals surface area (Å²) in [6, 6.07) is 1.32. The third kappa shape index (κ3) is 2.27. The number of anilines is 1. The second kappa shape index (κ2) is 4.79. The summed E-state index contributed by atoms with van der Waals surface area (Å²) in [5.74, 6) is -0.190. The smallest absolute Gasteiger partial charge is 0.228 e. The van der Waals surface area contributed by atoms with Gasteiger partial charge >= 0.3 is 0 Å². The van der Waals surface area contributed by atoms with Crippen molar-refractivity contribution >= 4 is 43.6 Å². The van der Waals surface area contributed by atoms with Gasteiger partial charge in [0.1, 0.15) is 0 Å². The van der Waals surface area contributed by atoms with E-state index in [0.717, 1.165) is 5.33 Å². The molecular formula is C10H9Br2FN2O. The maximum Gasteiger partial charge on any atom is 0.228 e. The van der Waals surface area contributed by atoms with Crippen LogP contribution in [0.5, 0.6) is 0 Å². The minimum absolute atomic E-state index is 0.0711. The summed E-state index contributed by atoms with van der Waals surface area (Å²) in [5, 5.41) is 0.743. The van der Waals surface area contributed by atoms with Crippen LogP contribution in [-0.4, -0.2) is 22.8 Å². The first kappa shape index (κ1) is 12.0. The molecule has 1 aliphatic heterocycles. The molecule has 0 N–H and O–H groups in total. The van der Waals surface area contributed by atoms with Gasteiger partial charge in [-0.3, -0.25) is 9.69 Å². The van der Waals surface area contributed by atoms with Gasteiger partial charge in [0.15, 0.2) is 11.6 Å². The second-order valence-electron chi connectivity index (χ2n) is 3.69. The van der Waals surface area contributed by atoms with Crippen LogP contribution in [0.4, 0.5) is 10.2 Å². The fourth-order valence-corrected chi connectivity index (χ4v) is 2.43. The van der Waals surface area contributed by atoms with E-state index in [9.17, 15) is 9.18 Å². The Labute approximate surface area is 109 Å². The molecule has 2 rings (SSSR count). The SMILES string of the molecule is O=C1CC(CBr)CN1c1ncc(Br)cc1F. The van der Waals surface area contributed by atoms with Gasteiger partial charge in [-0.1, -0.05) is 15.9 Å². The monoisotopic (exact) mass is 350 g/mol. The van der Waals surface area contributed by atoms with Gasteiger partial charge in [-0.25, -0.2) is 9.37 Å². The van der Waals surface area contributed by atoms with Gasteiger partial charge in [0.25, 0.3) is 0 Å². The van der Waals surface area contributed by atoms with Gasteiger partial charge in [-0.05, 0) is 27.9 Å². The van der Waals surface area contributed by atoms with Crippen LogP contribution in [0.3, 0.4) is 0 Å². The van der Waals surface area contributed by atoms with Crippen LogP contribution < -0.4 is 4.90 Å². The van der Waals surface area contributed by atoms with E-state index in [1.54, 1.807) is 0 Å². The van der Waals surface area contributed by atoms with Crippen LogP contribution in [0.15, 0.2) is 16.7 Å². The van der Waals surface area contributed by atoms with E-state index < -0.39 is 5.82 Å². The third-order valence-electron chi connectivity index (χ3n) is 2.47. The number of aromatic nitrogens is 1. The zero-order valence-corrected chi connectivity index (χ0v) is 11.5. The molecule has 0 bridgehead atoms. The number of carbonyl (C=O) groups is 1. The van der Waals surface area contributed by atoms with Crippen molar-refractivity contribution in [1.82, 2.24) is 4.98 Å². The lowest BCUT2D eigenvalue weighted by atomic mass is 10.2. The fraction of sp³-hybridized carbons (Fsp3) is 0.400. The van der Waals surface area contributed by atoms with E-state index in [0.29, 0.717) is 17.4 Å². The highest BCUT2D eigenvalue weighted by atomic mass is 79.9. The molecular weight excluding hydrogens is 343 g/mol. The van der Waals surface area contributed by atoms with Crippen molar-refractivity contribution in [1.29, 1.82) is 0 Å². The van der Waals surface area contributed by atoms with E-state index >= 15 is 0 Å². The zero-order valence-electron chi connectivity index (χ0n) is 8.29. The second-order valence-corrected chi connectivity index (χ2v) is 5.25. The van der Waals surface area contributed by atoms with E-state index in [4.69, 9.17) is 0 Å². The van der Waals surface area contributed by atoms with Crippen molar-refractivity contribution in [2.24, 2.45) is 5.92 Å². The van der Waals surface area contributed by atoms with Crippen molar-refractivity contribution in [2.75, 3.05) is 16.8 Å². The average Bonchev–Trinajstić information content (AvgIpc) is 2.60. The molecule has 1 aromatic rings. The number of carbonyl (C=O) groups excluding carboxylic acids is 1. The molecule has 3 nitrogen and oxygen atoms in total. The van der Waals surface area contributed by atoms with Gasteiger partial charge in [0, 0.05) is 29.0 Å². The normalized spacial score (nSPS) is 20.6. The van der Waals surface area contributed by atoms with Crippen LogP contribution in [0.2, 0.25) is 0 Å². The van der Waals surface area contributed by atoms with E-state index in [1.165, 1.54) is 17.2 Å². The fourth-order valence-electron chi connectivity index (χ4n) is 1.70. The Morgan fingerprint density at radius 2 is 2.38 bits per heavy atom. The molecule has 1 aromatic heterocycles. The first-order valence-corrected chi connectivity index (χ1v) is 6.70. The largest absolute Gasteiger partial charge is 0.294 e. The van der Waals surface area contributed by atoms with E-state index in [-0.39, 0.29) is 17.6 Å². The number of nitrogens with zero attached hydrogens (tertiary/aromatic N) is 2. The number of rotatable bonds is 2. The molecule has 1 saturated heterocycles. The third-order valence-corrected chi connectivity index (χ3v) is 3.82. The number of alkyl halides is 1. The van der Waals surface area contributed by atoms with Gasteiger partial charge in [-0.15, -0.1) is 0 Å². The van der Waals surface area contributed by atoms with Crippen LogP contribution in [0.1, 0.15) is 6.42 Å². The Balaban J connectivity index is 2.28. The minimum Gasteiger partial charge on any atom is -0.294 e. The molecule has 0 aromatic carbocycles. The molecule has 0 saturated carbocycles. The van der Waals surface area contributed by atoms with Crippen LogP contribution in [0.25, 0.3) is 0 Å². The molecule has 2 heterocycles. The first-order valence-electron chi connectivity index (χ1n) is 4.79. The first-order chi connectivity index (χ1) is 7.61. The molecule has 0 radical (unpaired) electrons. The zero-order chi connectivity index (χ0) is 11.7. The summed E-state index contributed by atoms with van der Waals surface area (Å²) >= 11 is 6.47. The van der Waals surface area contributed by atoms with Crippen molar-refractivity contribution < 1.29 is 9.18 Å². The molecule has 1 unspecified atom stereocenters. The van der Waals surface area contributed by atoms with Crippen molar-refractivity contribution in [2.45, 2.75) is 6.42 Å². The predicted molar refractivity (Wildman–Crippen MR) is 66.1 cm³/mol. The molecule has 1 aliphatic rings. The van der Waals surface area contributed by atoms with Crippen LogP contribution in [-0.2, 0) is 4.79 Å². The van der Waals surface area contributed by atoms with Gasteiger partial charge < -0.3 is 0 Å². The van der Waals surface area contributed by atoms with Gasteiger partial charge in [0.2, 0.25) is 5.91 Å². The molecule has 1 amide bonds. The van der Waals surface area contributed by atoms with E-state index in [1.807, 2.05) is 0 Å². The van der Waals surface area contributed by atoms with Gasteiger partial charge in [-0.2, -0.15) is 0 Å².